The maximum absolute atomic E-state index is 12.6. The van der Waals surface area contributed by atoms with Gasteiger partial charge in [-0.2, -0.15) is 10.2 Å². The number of ether oxygens (including phenoxy) is 1. The van der Waals surface area contributed by atoms with Crippen LogP contribution in [0.15, 0.2) is 44.4 Å². The SMILES string of the molecule is N#Cc1ccc(NS(=O)(=O)c2cc(-c3noc(C(=O)N4CCOCC4)n3)cs2)cc1. The van der Waals surface area contributed by atoms with Crippen molar-refractivity contribution < 1.29 is 22.5 Å². The molecule has 154 valence electrons. The van der Waals surface area contributed by atoms with Gasteiger partial charge >= 0.3 is 11.8 Å². The molecule has 0 atom stereocenters. The summed E-state index contributed by atoms with van der Waals surface area (Å²) in [6.07, 6.45) is 0. The molecule has 0 unspecified atom stereocenters. The fourth-order valence-electron chi connectivity index (χ4n) is 2.72. The maximum atomic E-state index is 12.6. The zero-order chi connectivity index (χ0) is 21.1. The van der Waals surface area contributed by atoms with Crippen LogP contribution in [0.1, 0.15) is 16.2 Å². The highest BCUT2D eigenvalue weighted by Crippen LogP contribution is 2.28. The number of sulfonamides is 1. The third-order valence-electron chi connectivity index (χ3n) is 4.27. The van der Waals surface area contributed by atoms with Gasteiger partial charge in [-0.1, -0.05) is 5.16 Å². The predicted molar refractivity (Wildman–Crippen MR) is 106 cm³/mol. The highest BCUT2D eigenvalue weighted by atomic mass is 32.2. The van der Waals surface area contributed by atoms with Crippen molar-refractivity contribution in [2.45, 2.75) is 4.21 Å². The van der Waals surface area contributed by atoms with Gasteiger partial charge < -0.3 is 14.2 Å². The molecule has 30 heavy (non-hydrogen) atoms. The topological polar surface area (TPSA) is 138 Å². The summed E-state index contributed by atoms with van der Waals surface area (Å²) in [5.74, 6) is -0.413. The largest absolute Gasteiger partial charge is 0.378 e. The summed E-state index contributed by atoms with van der Waals surface area (Å²) in [7, 11) is -3.84. The van der Waals surface area contributed by atoms with Gasteiger partial charge in [-0.25, -0.2) is 8.42 Å². The Balaban J connectivity index is 1.50. The van der Waals surface area contributed by atoms with Crippen LogP contribution >= 0.6 is 11.3 Å². The summed E-state index contributed by atoms with van der Waals surface area (Å²) < 4.78 is 38.0. The van der Waals surface area contributed by atoms with Crippen LogP contribution in [-0.4, -0.2) is 55.7 Å². The Kier molecular flexibility index (Phi) is 5.49. The highest BCUT2D eigenvalue weighted by Gasteiger charge is 2.25. The molecule has 4 rings (SSSR count). The summed E-state index contributed by atoms with van der Waals surface area (Å²) in [4.78, 5) is 18.1. The second-order valence-corrected chi connectivity index (χ2v) is 9.10. The Bertz CT molecular complexity index is 1200. The molecule has 1 aromatic carbocycles. The van der Waals surface area contributed by atoms with Gasteiger partial charge in [0.2, 0.25) is 5.82 Å². The van der Waals surface area contributed by atoms with Gasteiger partial charge in [-0.3, -0.25) is 9.52 Å². The van der Waals surface area contributed by atoms with E-state index in [9.17, 15) is 13.2 Å². The van der Waals surface area contributed by atoms with Gasteiger partial charge in [-0.05, 0) is 30.3 Å². The van der Waals surface area contributed by atoms with Crippen molar-refractivity contribution in [3.05, 3.63) is 47.2 Å². The molecule has 1 amide bonds. The van der Waals surface area contributed by atoms with Crippen molar-refractivity contribution >= 4 is 33.0 Å². The number of aromatic nitrogens is 2. The standard InChI is InChI=1S/C18H15N5O5S2/c19-10-12-1-3-14(4-2-12)22-30(25,26)15-9-13(11-29-15)16-20-17(28-21-16)18(24)23-5-7-27-8-6-23/h1-4,9,11,22H,5-8H2. The summed E-state index contributed by atoms with van der Waals surface area (Å²) in [6.45, 7) is 1.78. The third kappa shape index (κ3) is 4.18. The van der Waals surface area contributed by atoms with E-state index < -0.39 is 10.0 Å². The summed E-state index contributed by atoms with van der Waals surface area (Å²) in [5, 5.41) is 14.2. The number of hydrogen-bond acceptors (Lipinski definition) is 9. The average molecular weight is 445 g/mol. The second kappa shape index (κ2) is 8.23. The molecule has 3 heterocycles. The molecule has 2 aromatic heterocycles. The molecular weight excluding hydrogens is 430 g/mol. The highest BCUT2D eigenvalue weighted by molar-refractivity contribution is 7.94. The lowest BCUT2D eigenvalue weighted by molar-refractivity contribution is 0.0272. The van der Waals surface area contributed by atoms with Gasteiger partial charge in [0.25, 0.3) is 10.0 Å². The second-order valence-electron chi connectivity index (χ2n) is 6.28. The monoisotopic (exact) mass is 445 g/mol. The van der Waals surface area contributed by atoms with Crippen molar-refractivity contribution in [2.24, 2.45) is 0 Å². The molecule has 1 aliphatic rings. The molecule has 0 saturated carbocycles. The zero-order valence-corrected chi connectivity index (χ0v) is 17.1. The van der Waals surface area contributed by atoms with Crippen LogP contribution in [0.4, 0.5) is 5.69 Å². The van der Waals surface area contributed by atoms with Crippen LogP contribution in [0.2, 0.25) is 0 Å². The number of thiophene rings is 1. The Labute approximate surface area is 175 Å². The van der Waals surface area contributed by atoms with E-state index in [1.807, 2.05) is 6.07 Å². The number of nitrogens with one attached hydrogen (secondary N) is 1. The summed E-state index contributed by atoms with van der Waals surface area (Å²) in [6, 6.07) is 9.43. The number of nitrogens with zero attached hydrogens (tertiary/aromatic N) is 4. The number of rotatable bonds is 5. The summed E-state index contributed by atoms with van der Waals surface area (Å²) >= 11 is 0.988. The molecule has 10 nitrogen and oxygen atoms in total. The van der Waals surface area contributed by atoms with E-state index in [0.717, 1.165) is 11.3 Å². The van der Waals surface area contributed by atoms with Crippen LogP contribution in [-0.2, 0) is 14.8 Å². The number of benzene rings is 1. The van der Waals surface area contributed by atoms with E-state index in [1.54, 1.807) is 10.3 Å². The van der Waals surface area contributed by atoms with E-state index in [2.05, 4.69) is 14.9 Å². The average Bonchev–Trinajstić information content (AvgIpc) is 3.44. The van der Waals surface area contributed by atoms with Gasteiger partial charge in [0.1, 0.15) is 4.21 Å². The number of anilines is 1. The first-order chi connectivity index (χ1) is 14.5. The van der Waals surface area contributed by atoms with E-state index in [1.165, 1.54) is 30.3 Å². The number of nitriles is 1. The maximum Gasteiger partial charge on any atom is 0.316 e. The van der Waals surface area contributed by atoms with E-state index in [0.29, 0.717) is 43.1 Å². The van der Waals surface area contributed by atoms with Crippen molar-refractivity contribution in [3.63, 3.8) is 0 Å². The van der Waals surface area contributed by atoms with Crippen molar-refractivity contribution in [2.75, 3.05) is 31.0 Å². The van der Waals surface area contributed by atoms with Crippen molar-refractivity contribution in [1.82, 2.24) is 15.0 Å². The van der Waals surface area contributed by atoms with Crippen LogP contribution < -0.4 is 4.72 Å². The normalized spacial score (nSPS) is 14.3. The minimum Gasteiger partial charge on any atom is -0.378 e. The van der Waals surface area contributed by atoms with Crippen LogP contribution in [0.25, 0.3) is 11.4 Å². The van der Waals surface area contributed by atoms with Gasteiger partial charge in [-0.15, -0.1) is 11.3 Å². The van der Waals surface area contributed by atoms with Crippen molar-refractivity contribution in [1.29, 1.82) is 5.26 Å². The molecule has 1 aliphatic heterocycles. The third-order valence-corrected chi connectivity index (χ3v) is 7.09. The molecule has 1 fully saturated rings. The quantitative estimate of drug-likeness (QED) is 0.629. The lowest BCUT2D eigenvalue weighted by Crippen LogP contribution is -2.40. The number of amides is 1. The molecule has 0 aliphatic carbocycles. The Morgan fingerprint density at radius 2 is 1.97 bits per heavy atom. The van der Waals surface area contributed by atoms with Gasteiger partial charge in [0.15, 0.2) is 0 Å². The number of carbonyl (C=O) groups is 1. The molecule has 0 radical (unpaired) electrons. The molecule has 12 heteroatoms. The number of morpholine rings is 1. The molecule has 1 N–H and O–H groups in total. The Morgan fingerprint density at radius 1 is 1.23 bits per heavy atom. The first-order valence-electron chi connectivity index (χ1n) is 8.79. The molecule has 3 aromatic rings. The summed E-state index contributed by atoms with van der Waals surface area (Å²) in [5.41, 5.74) is 1.18. The van der Waals surface area contributed by atoms with E-state index >= 15 is 0 Å². The van der Waals surface area contributed by atoms with E-state index in [4.69, 9.17) is 14.5 Å². The smallest absolute Gasteiger partial charge is 0.316 e. The Hall–Kier alpha value is -3.27. The predicted octanol–water partition coefficient (Wildman–Crippen LogP) is 1.94. The minimum atomic E-state index is -3.84. The van der Waals surface area contributed by atoms with Crippen LogP contribution in [0.5, 0.6) is 0 Å². The fraction of sp³-hybridized carbons (Fsp3) is 0.222. The van der Waals surface area contributed by atoms with Gasteiger partial charge in [0.05, 0.1) is 24.8 Å². The lowest BCUT2D eigenvalue weighted by atomic mass is 10.2. The molecule has 0 bridgehead atoms. The molecule has 0 spiro atoms. The zero-order valence-electron chi connectivity index (χ0n) is 15.4. The van der Waals surface area contributed by atoms with Crippen LogP contribution in [0.3, 0.4) is 0 Å². The first kappa shape index (κ1) is 20.0. The molecule has 1 saturated heterocycles. The minimum absolute atomic E-state index is 0.0488. The number of hydrogen-bond donors (Lipinski definition) is 1. The Morgan fingerprint density at radius 3 is 2.67 bits per heavy atom. The number of carbonyl (C=O) groups excluding carboxylic acids is 1. The molecular formula is C18H15N5O5S2. The fourth-order valence-corrected chi connectivity index (χ4v) is 4.94. The van der Waals surface area contributed by atoms with Crippen LogP contribution in [0, 0.1) is 11.3 Å². The lowest BCUT2D eigenvalue weighted by Gasteiger charge is -2.25. The first-order valence-corrected chi connectivity index (χ1v) is 11.2. The van der Waals surface area contributed by atoms with Gasteiger partial charge in [0, 0.05) is 29.7 Å². The van der Waals surface area contributed by atoms with E-state index in [-0.39, 0.29) is 21.8 Å². The van der Waals surface area contributed by atoms with Crippen molar-refractivity contribution in [3.8, 4) is 17.5 Å².